The Balaban J connectivity index is 0.000000294. The van der Waals surface area contributed by atoms with Crippen LogP contribution >= 0.6 is 25.9 Å². The predicted molar refractivity (Wildman–Crippen MR) is 325 cm³/mol. The number of unbranched alkanes of at least 4 members (excludes halogenated alkanes) is 2. The summed E-state index contributed by atoms with van der Waals surface area (Å²) >= 11 is 0. The number of carbonyl (C=O) groups is 2. The number of carbonyl (C=O) groups excluding carboxylic acids is 2. The number of hydrogen-bond acceptors (Lipinski definition) is 14. The Bertz CT molecular complexity index is 2990. The van der Waals surface area contributed by atoms with E-state index in [4.69, 9.17) is 24.2 Å². The predicted octanol–water partition coefficient (Wildman–Crippen LogP) is 3.29. The average molecular weight is 1180 g/mol. The van der Waals surface area contributed by atoms with Gasteiger partial charge in [-0.25, -0.2) is 24.7 Å². The van der Waals surface area contributed by atoms with E-state index in [1.54, 1.807) is 14.2 Å². The van der Waals surface area contributed by atoms with Crippen LogP contribution < -0.4 is 37.9 Å². The molecule has 16 nitrogen and oxygen atoms in total. The molecule has 2 aliphatic rings. The van der Waals surface area contributed by atoms with Crippen molar-refractivity contribution in [3.05, 3.63) is 155 Å². The number of rotatable bonds is 30. The molecule has 7 aromatic rings. The summed E-state index contributed by atoms with van der Waals surface area (Å²) in [6, 6.07) is 32.7. The summed E-state index contributed by atoms with van der Waals surface area (Å²) in [5.41, 5.74) is 10.4. The number of quaternary nitrogens is 2. The lowest BCUT2D eigenvalue weighted by atomic mass is 9.95. The van der Waals surface area contributed by atoms with Crippen molar-refractivity contribution in [2.75, 3.05) is 77.3 Å². The zero-order valence-electron chi connectivity index (χ0n) is 47.7. The van der Waals surface area contributed by atoms with Gasteiger partial charge in [0.15, 0.2) is 0 Å². The molecule has 82 heavy (non-hydrogen) atoms. The summed E-state index contributed by atoms with van der Waals surface area (Å²) in [5, 5.41) is 20.1. The summed E-state index contributed by atoms with van der Waals surface area (Å²) in [6.07, 6.45) is 19.9. The number of aromatic nitrogens is 6. The molecule has 4 heterocycles. The molecule has 0 spiro atoms. The smallest absolute Gasteiger partial charge is 0.329 e. The van der Waals surface area contributed by atoms with Crippen LogP contribution in [0.5, 0.6) is 0 Å². The van der Waals surface area contributed by atoms with Gasteiger partial charge >= 0.3 is 5.97 Å². The zero-order valence-corrected chi connectivity index (χ0v) is 50.3. The fraction of sp³-hybridized carbons (Fsp3) is 0.460. The van der Waals surface area contributed by atoms with E-state index < -0.39 is 18.1 Å². The molecule has 9 rings (SSSR count). The lowest BCUT2D eigenvalue weighted by Gasteiger charge is -2.25. The van der Waals surface area contributed by atoms with Crippen LogP contribution in [-0.4, -0.2) is 121 Å². The third kappa shape index (κ3) is 21.0. The first kappa shape index (κ1) is 66.7. The van der Waals surface area contributed by atoms with Crippen molar-refractivity contribution in [3.63, 3.8) is 0 Å². The van der Waals surface area contributed by atoms with Gasteiger partial charge in [-0.2, -0.15) is 13.5 Å². The standard InChI is InChI=1S/C35H43N5O3.C28H37N5O3.2ClH.H2S/c1-42-24-23-40(21-10-9-14-29-19-18-28-13-5-7-16-31(28)38-29)22-20-33(35(41)43-25-27-11-3-2-4-12-27)39-34-30-15-6-8-17-32(30)36-26-37-34;1-36-19-18-33(16-7-6-9-22-14-13-21-8-2-4-11-24(21)31-22)17-15-26(28(34)35)32-27-23-10-3-5-12-25(23)29-20-30-27;;;/h2-4,6,8,11-12,15,17-19,26,33H,5,7,9-10,13-14,16,20-25H2,1H3,(H,36,37,39);3,5,10,12-14,20,26H,2,4,6-9,11,15-19H2,1H3,(H,34,35)(H,29,30,32);2*1H;1H2/t33-;26-;;;/m00.../s1. The van der Waals surface area contributed by atoms with E-state index in [0.717, 1.165) is 118 Å². The Hall–Kier alpha value is -6.05. The first-order valence-corrected chi connectivity index (χ1v) is 28.8. The van der Waals surface area contributed by atoms with Gasteiger partial charge in [-0.1, -0.05) is 66.7 Å². The van der Waals surface area contributed by atoms with E-state index in [9.17, 15) is 14.7 Å². The van der Waals surface area contributed by atoms with Crippen molar-refractivity contribution in [1.29, 1.82) is 0 Å². The number of para-hydroxylation sites is 2. The molecule has 0 saturated carbocycles. The summed E-state index contributed by atoms with van der Waals surface area (Å²) in [7, 11) is 3.44. The monoisotopic (exact) mass is 1180 g/mol. The molecule has 0 bridgehead atoms. The van der Waals surface area contributed by atoms with Crippen LogP contribution in [-0.2, 0) is 68.9 Å². The highest BCUT2D eigenvalue weighted by atomic mass is 35.5. The number of carboxylic acids is 1. The highest BCUT2D eigenvalue weighted by Crippen LogP contribution is 2.24. The molecule has 2 unspecified atom stereocenters. The van der Waals surface area contributed by atoms with Crippen molar-refractivity contribution < 1.29 is 51.1 Å². The van der Waals surface area contributed by atoms with Crippen LogP contribution in [0.25, 0.3) is 21.8 Å². The third-order valence-corrected chi connectivity index (χ3v) is 15.3. The normalized spacial score (nSPS) is 13.9. The van der Waals surface area contributed by atoms with E-state index in [1.165, 1.54) is 88.5 Å². The first-order chi connectivity index (χ1) is 38.8. The van der Waals surface area contributed by atoms with Gasteiger partial charge in [0.1, 0.15) is 50.0 Å². The minimum atomic E-state index is -1.12. The minimum Gasteiger partial charge on any atom is -1.00 e. The number of fused-ring (bicyclic) bond motifs is 4. The molecule has 0 radical (unpaired) electrons. The van der Waals surface area contributed by atoms with E-state index in [0.29, 0.717) is 44.2 Å². The second kappa shape index (κ2) is 36.5. The second-order valence-corrected chi connectivity index (χ2v) is 21.0. The number of halogens is 2. The number of ether oxygens (including phenoxy) is 3. The molecule has 0 aliphatic heterocycles. The van der Waals surface area contributed by atoms with Gasteiger partial charge in [0.05, 0.1) is 62.4 Å². The van der Waals surface area contributed by atoms with Crippen molar-refractivity contribution in [3.8, 4) is 0 Å². The maximum atomic E-state index is 13.4. The van der Waals surface area contributed by atoms with Gasteiger partial charge in [0.2, 0.25) is 0 Å². The number of benzene rings is 3. The lowest BCUT2D eigenvalue weighted by molar-refractivity contribution is -0.901. The number of aliphatic carboxylic acids is 1. The molecule has 4 aromatic heterocycles. The van der Waals surface area contributed by atoms with Crippen LogP contribution in [0.1, 0.15) is 104 Å². The Labute approximate surface area is 503 Å². The van der Waals surface area contributed by atoms with Crippen LogP contribution in [0, 0.1) is 0 Å². The third-order valence-electron chi connectivity index (χ3n) is 15.3. The highest BCUT2D eigenvalue weighted by molar-refractivity contribution is 7.59. The zero-order chi connectivity index (χ0) is 54.9. The fourth-order valence-corrected chi connectivity index (χ4v) is 10.7. The Morgan fingerprint density at radius 3 is 1.52 bits per heavy atom. The van der Waals surface area contributed by atoms with Gasteiger partial charge in [-0.15, -0.1) is 12.4 Å². The molecule has 4 atom stereocenters. The molecule has 0 amide bonds. The van der Waals surface area contributed by atoms with E-state index in [1.807, 2.05) is 78.9 Å². The number of pyridine rings is 2. The van der Waals surface area contributed by atoms with Crippen molar-refractivity contribution in [2.45, 2.75) is 121 Å². The van der Waals surface area contributed by atoms with Crippen LogP contribution in [0.3, 0.4) is 0 Å². The molecule has 3 aromatic carbocycles. The maximum Gasteiger partial charge on any atom is 0.329 e. The Morgan fingerprint density at radius 1 is 0.561 bits per heavy atom. The first-order valence-electron chi connectivity index (χ1n) is 28.8. The molecule has 19 heteroatoms. The van der Waals surface area contributed by atoms with Crippen molar-refractivity contribution in [2.24, 2.45) is 0 Å². The number of esters is 1. The number of nitrogens with one attached hydrogen (secondary N) is 4. The molecule has 2 aliphatic carbocycles. The minimum absolute atomic E-state index is 0. The molecule has 0 saturated heterocycles. The summed E-state index contributed by atoms with van der Waals surface area (Å²) in [5.74, 6) is -0.243. The summed E-state index contributed by atoms with van der Waals surface area (Å²) < 4.78 is 16.5. The second-order valence-electron chi connectivity index (χ2n) is 21.0. The number of hydrogen-bond donors (Lipinski definition) is 4. The van der Waals surface area contributed by atoms with Crippen molar-refractivity contribution >= 4 is 71.3 Å². The van der Waals surface area contributed by atoms with Gasteiger partial charge in [-0.05, 0) is 143 Å². The molecular weight excluding hydrogens is 1100 g/mol. The Morgan fingerprint density at radius 2 is 1.02 bits per heavy atom. The van der Waals surface area contributed by atoms with Crippen molar-refractivity contribution in [1.82, 2.24) is 29.9 Å². The number of anilines is 2. The van der Waals surface area contributed by atoms with Gasteiger partial charge in [0, 0.05) is 60.6 Å². The Kier molecular flexibility index (Phi) is 29.7. The average Bonchev–Trinajstić information content (AvgIpc) is 3.49. The largest absolute Gasteiger partial charge is 1.00 e. The molecule has 4 N–H and O–H groups in total. The van der Waals surface area contributed by atoms with Gasteiger partial charge in [-0.3, -0.25) is 9.97 Å². The van der Waals surface area contributed by atoms with Crippen LogP contribution in [0.2, 0.25) is 0 Å². The summed E-state index contributed by atoms with van der Waals surface area (Å²) in [4.78, 5) is 55.3. The van der Waals surface area contributed by atoms with E-state index >= 15 is 0 Å². The van der Waals surface area contributed by atoms with Gasteiger partial charge in [0.25, 0.3) is 0 Å². The van der Waals surface area contributed by atoms with E-state index in [-0.39, 0.29) is 50.9 Å². The number of methoxy groups -OCH3 is 2. The number of aryl methyl sites for hydroxylation is 6. The number of nitrogens with zero attached hydrogens (tertiary/aromatic N) is 6. The highest BCUT2D eigenvalue weighted by Gasteiger charge is 2.25. The molecular formula is C63H84Cl2N10O6S. The molecule has 442 valence electrons. The van der Waals surface area contributed by atoms with Crippen LogP contribution in [0.4, 0.5) is 11.6 Å². The quantitative estimate of drug-likeness (QED) is 0.0379. The van der Waals surface area contributed by atoms with Gasteiger partial charge < -0.3 is 57.0 Å². The topological polar surface area (TPSA) is 195 Å². The number of carboxylic acid groups (broad SMARTS) is 1. The van der Waals surface area contributed by atoms with E-state index in [2.05, 4.69) is 54.8 Å². The maximum absolute atomic E-state index is 13.4. The molecule has 0 fully saturated rings. The SMILES string of the molecule is COCC[NH+](CCCCc1ccc2c(n1)CCCC2)CC[C@H](Nc1ncnc2ccccc12)C(=O)OCc1ccccc1.COCC[NH+](CCCCc1ccc2c(n1)CCCC2)CC[C@H](Nc1ncnc2ccccc12)C(=O)[O-].Cl.S.[Cl-]. The summed E-state index contributed by atoms with van der Waals surface area (Å²) in [6.45, 7) is 6.76. The van der Waals surface area contributed by atoms with Crippen LogP contribution in [0.15, 0.2) is 116 Å². The lowest BCUT2D eigenvalue weighted by Crippen LogP contribution is -3.12. The fourth-order valence-electron chi connectivity index (χ4n) is 10.7.